The van der Waals surface area contributed by atoms with Gasteiger partial charge in [-0.05, 0) is 6.92 Å². The van der Waals surface area contributed by atoms with Crippen molar-refractivity contribution in [2.45, 2.75) is 25.4 Å². The number of rotatable bonds is 7. The Bertz CT molecular complexity index is 303. The number of carboxylic acid groups (broad SMARTS) is 2. The molecule has 2 amide bonds. The van der Waals surface area contributed by atoms with Gasteiger partial charge >= 0.3 is 11.9 Å². The molecule has 0 saturated heterocycles. The molecule has 0 rings (SSSR count). The van der Waals surface area contributed by atoms with Crippen LogP contribution in [0.4, 0.5) is 0 Å². The van der Waals surface area contributed by atoms with Crippen LogP contribution in [0.3, 0.4) is 0 Å². The van der Waals surface area contributed by atoms with E-state index < -0.39 is 36.4 Å². The first kappa shape index (κ1) is 13.9. The van der Waals surface area contributed by atoms with Crippen molar-refractivity contribution in [2.24, 2.45) is 0 Å². The molecular weight excluding hydrogens is 220 g/mol. The highest BCUT2D eigenvalue weighted by atomic mass is 16.4. The van der Waals surface area contributed by atoms with Crippen molar-refractivity contribution in [2.75, 3.05) is 0 Å². The molecule has 2 atom stereocenters. The lowest BCUT2D eigenvalue weighted by atomic mass is 10.2. The SMILES string of the molecule is C[C@H](NC=O)C(=O)N[C@H](CC(=O)O)C(=O)O. The van der Waals surface area contributed by atoms with E-state index in [1.807, 2.05) is 5.32 Å². The van der Waals surface area contributed by atoms with Crippen molar-refractivity contribution in [3.05, 3.63) is 0 Å². The minimum Gasteiger partial charge on any atom is -0.481 e. The zero-order valence-electron chi connectivity index (χ0n) is 8.47. The predicted molar refractivity (Wildman–Crippen MR) is 50.5 cm³/mol. The van der Waals surface area contributed by atoms with Gasteiger partial charge in [-0.15, -0.1) is 0 Å². The maximum Gasteiger partial charge on any atom is 0.326 e. The zero-order valence-corrected chi connectivity index (χ0v) is 8.47. The van der Waals surface area contributed by atoms with E-state index in [0.29, 0.717) is 0 Å². The van der Waals surface area contributed by atoms with Crippen LogP contribution >= 0.6 is 0 Å². The predicted octanol–water partition coefficient (Wildman–Crippen LogP) is -1.83. The van der Waals surface area contributed by atoms with E-state index in [0.717, 1.165) is 0 Å². The number of hydrogen-bond acceptors (Lipinski definition) is 4. The number of carbonyl (C=O) groups is 4. The first-order valence-corrected chi connectivity index (χ1v) is 4.33. The molecule has 0 unspecified atom stereocenters. The summed E-state index contributed by atoms with van der Waals surface area (Å²) in [7, 11) is 0. The maximum absolute atomic E-state index is 11.2. The fourth-order valence-corrected chi connectivity index (χ4v) is 0.849. The minimum atomic E-state index is -1.51. The van der Waals surface area contributed by atoms with E-state index in [4.69, 9.17) is 10.2 Å². The van der Waals surface area contributed by atoms with Crippen molar-refractivity contribution >= 4 is 24.3 Å². The smallest absolute Gasteiger partial charge is 0.326 e. The molecule has 4 N–H and O–H groups in total. The van der Waals surface area contributed by atoms with E-state index in [1.54, 1.807) is 0 Å². The van der Waals surface area contributed by atoms with Gasteiger partial charge in [-0.1, -0.05) is 0 Å². The topological polar surface area (TPSA) is 133 Å². The van der Waals surface area contributed by atoms with Crippen LogP contribution in [-0.2, 0) is 19.2 Å². The lowest BCUT2D eigenvalue weighted by molar-refractivity contribution is -0.147. The molecule has 0 saturated carbocycles. The fourth-order valence-electron chi connectivity index (χ4n) is 0.849. The van der Waals surface area contributed by atoms with Crippen molar-refractivity contribution in [3.8, 4) is 0 Å². The summed E-state index contributed by atoms with van der Waals surface area (Å²) < 4.78 is 0. The van der Waals surface area contributed by atoms with Gasteiger partial charge < -0.3 is 20.8 Å². The molecule has 0 aliphatic rings. The number of aliphatic carboxylic acids is 2. The van der Waals surface area contributed by atoms with Gasteiger partial charge in [0.2, 0.25) is 12.3 Å². The third-order valence-corrected chi connectivity index (χ3v) is 1.70. The number of nitrogens with one attached hydrogen (secondary N) is 2. The lowest BCUT2D eigenvalue weighted by Crippen LogP contribution is -2.49. The molecule has 0 aromatic rings. The van der Waals surface area contributed by atoms with E-state index in [1.165, 1.54) is 6.92 Å². The Morgan fingerprint density at radius 3 is 2.25 bits per heavy atom. The number of carboxylic acids is 2. The van der Waals surface area contributed by atoms with Gasteiger partial charge in [-0.3, -0.25) is 14.4 Å². The fraction of sp³-hybridized carbons (Fsp3) is 0.500. The molecule has 0 aliphatic carbocycles. The van der Waals surface area contributed by atoms with Crippen molar-refractivity contribution in [1.29, 1.82) is 0 Å². The highest BCUT2D eigenvalue weighted by molar-refractivity contribution is 5.89. The Labute approximate surface area is 90.6 Å². The summed E-state index contributed by atoms with van der Waals surface area (Å²) in [4.78, 5) is 42.1. The molecule has 0 spiro atoms. The monoisotopic (exact) mass is 232 g/mol. The van der Waals surface area contributed by atoms with Crippen LogP contribution < -0.4 is 10.6 Å². The highest BCUT2D eigenvalue weighted by Gasteiger charge is 2.24. The molecule has 0 fully saturated rings. The van der Waals surface area contributed by atoms with Gasteiger partial charge in [-0.25, -0.2) is 4.79 Å². The molecule has 0 aromatic carbocycles. The van der Waals surface area contributed by atoms with Crippen LogP contribution in [-0.4, -0.2) is 46.6 Å². The highest BCUT2D eigenvalue weighted by Crippen LogP contribution is 1.94. The van der Waals surface area contributed by atoms with Crippen LogP contribution in [0.25, 0.3) is 0 Å². The van der Waals surface area contributed by atoms with Crippen molar-refractivity contribution in [1.82, 2.24) is 10.6 Å². The molecular formula is C8H12N2O6. The third-order valence-electron chi connectivity index (χ3n) is 1.70. The van der Waals surface area contributed by atoms with Crippen LogP contribution in [0.2, 0.25) is 0 Å². The van der Waals surface area contributed by atoms with Gasteiger partial charge in [0.15, 0.2) is 0 Å². The zero-order chi connectivity index (χ0) is 12.7. The number of amides is 2. The second-order valence-corrected chi connectivity index (χ2v) is 3.00. The first-order valence-electron chi connectivity index (χ1n) is 4.33. The largest absolute Gasteiger partial charge is 0.481 e. The van der Waals surface area contributed by atoms with E-state index in [9.17, 15) is 19.2 Å². The van der Waals surface area contributed by atoms with E-state index in [-0.39, 0.29) is 6.41 Å². The first-order chi connectivity index (χ1) is 7.38. The summed E-state index contributed by atoms with van der Waals surface area (Å²) in [5.74, 6) is -3.56. The summed E-state index contributed by atoms with van der Waals surface area (Å²) in [6.07, 6.45) is -0.438. The standard InChI is InChI=1S/C8H12N2O6/c1-4(9-3-11)7(14)10-5(8(15)16)2-6(12)13/h3-5H,2H2,1H3,(H,9,11)(H,10,14)(H,12,13)(H,15,16)/t4-,5+/m0/s1. The Hall–Kier alpha value is -2.12. The van der Waals surface area contributed by atoms with E-state index in [2.05, 4.69) is 5.32 Å². The summed E-state index contributed by atoms with van der Waals surface area (Å²) in [5, 5.41) is 21.1. The molecule has 8 nitrogen and oxygen atoms in total. The Balaban J connectivity index is 4.39. The molecule has 0 bridgehead atoms. The summed E-state index contributed by atoms with van der Waals surface area (Å²) in [6, 6.07) is -2.44. The maximum atomic E-state index is 11.2. The summed E-state index contributed by atoms with van der Waals surface area (Å²) in [6.45, 7) is 1.34. The molecule has 90 valence electrons. The Kier molecular flexibility index (Phi) is 5.53. The second-order valence-electron chi connectivity index (χ2n) is 3.00. The molecule has 0 heterocycles. The van der Waals surface area contributed by atoms with Crippen LogP contribution in [0.5, 0.6) is 0 Å². The third kappa shape index (κ3) is 4.94. The van der Waals surface area contributed by atoms with Crippen LogP contribution in [0.1, 0.15) is 13.3 Å². The molecule has 16 heavy (non-hydrogen) atoms. The molecule has 0 aromatic heterocycles. The average molecular weight is 232 g/mol. The van der Waals surface area contributed by atoms with Crippen LogP contribution in [0.15, 0.2) is 0 Å². The van der Waals surface area contributed by atoms with Gasteiger partial charge in [0.25, 0.3) is 0 Å². The van der Waals surface area contributed by atoms with Gasteiger partial charge in [0.1, 0.15) is 12.1 Å². The summed E-state index contributed by atoms with van der Waals surface area (Å²) in [5.41, 5.74) is 0. The second kappa shape index (κ2) is 6.38. The van der Waals surface area contributed by atoms with Crippen LogP contribution in [0, 0.1) is 0 Å². The lowest BCUT2D eigenvalue weighted by Gasteiger charge is -2.15. The minimum absolute atomic E-state index is 0.289. The van der Waals surface area contributed by atoms with Crippen molar-refractivity contribution in [3.63, 3.8) is 0 Å². The Morgan fingerprint density at radius 2 is 1.88 bits per heavy atom. The number of hydrogen-bond donors (Lipinski definition) is 4. The molecule has 8 heteroatoms. The molecule has 0 aliphatic heterocycles. The van der Waals surface area contributed by atoms with Gasteiger partial charge in [0.05, 0.1) is 6.42 Å². The average Bonchev–Trinajstić information content (AvgIpc) is 2.16. The van der Waals surface area contributed by atoms with Gasteiger partial charge in [0, 0.05) is 0 Å². The van der Waals surface area contributed by atoms with Crippen molar-refractivity contribution < 1.29 is 29.4 Å². The van der Waals surface area contributed by atoms with Gasteiger partial charge in [-0.2, -0.15) is 0 Å². The van der Waals surface area contributed by atoms with E-state index >= 15 is 0 Å². The Morgan fingerprint density at radius 1 is 1.31 bits per heavy atom. The quantitative estimate of drug-likeness (QED) is 0.381. The normalized spacial score (nSPS) is 13.3. The number of carbonyl (C=O) groups excluding carboxylic acids is 2. The summed E-state index contributed by atoms with van der Waals surface area (Å²) >= 11 is 0. The molecule has 0 radical (unpaired) electrons.